The maximum absolute atomic E-state index is 10.4. The van der Waals surface area contributed by atoms with Crippen molar-refractivity contribution in [2.75, 3.05) is 0 Å². The molecule has 0 fully saturated rings. The third kappa shape index (κ3) is 11.1. The van der Waals surface area contributed by atoms with Crippen molar-refractivity contribution in [2.45, 2.75) is 40.5 Å². The largest absolute Gasteiger partial charge is 2.00 e. The molecule has 0 spiro atoms. The number of rotatable bonds is 6. The smallest absolute Gasteiger partial charge is 0.542 e. The van der Waals surface area contributed by atoms with Gasteiger partial charge in [0, 0.05) is 11.8 Å². The van der Waals surface area contributed by atoms with Crippen LogP contribution in [0.2, 0.25) is 0 Å². The molecule has 0 amide bonds. The van der Waals surface area contributed by atoms with Crippen LogP contribution in [0.5, 0.6) is 0 Å². The fourth-order valence-corrected chi connectivity index (χ4v) is 0.773. The Morgan fingerprint density at radius 2 is 1.00 bits per heavy atom. The first-order valence-electron chi connectivity index (χ1n) is 5.69. The van der Waals surface area contributed by atoms with Crippen molar-refractivity contribution in [1.29, 1.82) is 0 Å². The van der Waals surface area contributed by atoms with Crippen molar-refractivity contribution in [3.63, 3.8) is 0 Å². The molecule has 0 N–H and O–H groups in total. The summed E-state index contributed by atoms with van der Waals surface area (Å²) in [4.78, 5) is 40.5. The van der Waals surface area contributed by atoms with Gasteiger partial charge in [0.25, 0.3) is 0 Å². The van der Waals surface area contributed by atoms with Crippen LogP contribution < -0.4 is 10.2 Å². The van der Waals surface area contributed by atoms with Crippen LogP contribution in [-0.2, 0) is 19.2 Å². The van der Waals surface area contributed by atoms with Crippen LogP contribution in [0.15, 0.2) is 0 Å². The third-order valence-electron chi connectivity index (χ3n) is 2.52. The Balaban J connectivity index is -0.000000256. The molecule has 0 aliphatic heterocycles. The molecule has 104 valence electrons. The summed E-state index contributed by atoms with van der Waals surface area (Å²) >= 11 is 0. The van der Waals surface area contributed by atoms with E-state index in [1.54, 1.807) is 27.7 Å². The van der Waals surface area contributed by atoms with E-state index in [4.69, 9.17) is 0 Å². The minimum atomic E-state index is -1.58. The summed E-state index contributed by atoms with van der Waals surface area (Å²) in [6, 6.07) is 0. The number of hydrogen-bond acceptors (Lipinski definition) is 6. The maximum Gasteiger partial charge on any atom is 2.00 e. The monoisotopic (exact) mass is 298 g/mol. The minimum absolute atomic E-state index is 0. The molecule has 2 unspecified atom stereocenters. The molecule has 0 radical (unpaired) electrons. The standard InChI is InChI=1S/2C6H10O3.Ca/c2*1-3-4(2)5(7)6(8)9;/h2*4H,3H2,1-2H3,(H,8,9);/q;;+2/p-2. The number of carboxylic acids is 2. The molecular formula is C12H18CaO6. The van der Waals surface area contributed by atoms with Gasteiger partial charge in [-0.25, -0.2) is 0 Å². The number of carbonyl (C=O) groups is 4. The van der Waals surface area contributed by atoms with Crippen molar-refractivity contribution >= 4 is 61.2 Å². The van der Waals surface area contributed by atoms with Gasteiger partial charge in [-0.3, -0.25) is 9.59 Å². The van der Waals surface area contributed by atoms with Gasteiger partial charge < -0.3 is 19.8 Å². The Hall–Kier alpha value is -0.460. The Labute approximate surface area is 142 Å². The third-order valence-corrected chi connectivity index (χ3v) is 2.52. The minimum Gasteiger partial charge on any atom is -0.542 e. The average molecular weight is 298 g/mol. The SMILES string of the molecule is CCC(C)C(=O)C(=O)[O-].CCC(C)C(=O)C(=O)[O-].[Ca+2]. The zero-order valence-electron chi connectivity index (χ0n) is 11.7. The molecule has 0 bridgehead atoms. The van der Waals surface area contributed by atoms with Crippen LogP contribution in [0.4, 0.5) is 0 Å². The topological polar surface area (TPSA) is 114 Å². The Kier molecular flexibility index (Phi) is 15.6. The van der Waals surface area contributed by atoms with Gasteiger partial charge in [0.05, 0.1) is 0 Å². The van der Waals surface area contributed by atoms with E-state index in [2.05, 4.69) is 0 Å². The fourth-order valence-electron chi connectivity index (χ4n) is 0.773. The van der Waals surface area contributed by atoms with Crippen LogP contribution in [0, 0.1) is 11.8 Å². The van der Waals surface area contributed by atoms with E-state index < -0.39 is 35.3 Å². The number of aliphatic carboxylic acids is 2. The summed E-state index contributed by atoms with van der Waals surface area (Å²) in [7, 11) is 0. The van der Waals surface area contributed by atoms with Gasteiger partial charge in [0.1, 0.15) is 11.9 Å². The van der Waals surface area contributed by atoms with Crippen LogP contribution in [0.1, 0.15) is 40.5 Å². The quantitative estimate of drug-likeness (QED) is 0.427. The Morgan fingerprint density at radius 3 is 1.05 bits per heavy atom. The van der Waals surface area contributed by atoms with Crippen LogP contribution in [0.25, 0.3) is 0 Å². The van der Waals surface area contributed by atoms with E-state index in [1.807, 2.05) is 0 Å². The van der Waals surface area contributed by atoms with Gasteiger partial charge in [-0.15, -0.1) is 0 Å². The molecule has 0 aliphatic rings. The fraction of sp³-hybridized carbons (Fsp3) is 0.667. The van der Waals surface area contributed by atoms with Crippen molar-refractivity contribution in [3.05, 3.63) is 0 Å². The van der Waals surface area contributed by atoms with E-state index in [0.717, 1.165) is 0 Å². The molecule has 2 atom stereocenters. The van der Waals surface area contributed by atoms with Gasteiger partial charge in [-0.2, -0.15) is 0 Å². The van der Waals surface area contributed by atoms with Crippen molar-refractivity contribution in [1.82, 2.24) is 0 Å². The Morgan fingerprint density at radius 1 is 0.789 bits per heavy atom. The summed E-state index contributed by atoms with van der Waals surface area (Å²) in [5, 5.41) is 19.7. The second-order valence-corrected chi connectivity index (χ2v) is 3.92. The van der Waals surface area contributed by atoms with Gasteiger partial charge in [-0.05, 0) is 12.8 Å². The molecular weight excluding hydrogens is 280 g/mol. The van der Waals surface area contributed by atoms with Crippen molar-refractivity contribution in [2.24, 2.45) is 11.8 Å². The first kappa shape index (κ1) is 23.6. The molecule has 0 aromatic heterocycles. The van der Waals surface area contributed by atoms with Crippen LogP contribution in [-0.4, -0.2) is 61.2 Å². The molecule has 0 rings (SSSR count). The van der Waals surface area contributed by atoms with Crippen LogP contribution in [0.3, 0.4) is 0 Å². The number of Topliss-reactive ketones (excluding diaryl/α,β-unsaturated/α-hetero) is 2. The van der Waals surface area contributed by atoms with E-state index in [1.165, 1.54) is 0 Å². The first-order valence-corrected chi connectivity index (χ1v) is 5.69. The second-order valence-electron chi connectivity index (χ2n) is 3.92. The van der Waals surface area contributed by atoms with E-state index in [0.29, 0.717) is 12.8 Å². The van der Waals surface area contributed by atoms with Gasteiger partial charge in [0.2, 0.25) is 0 Å². The van der Waals surface area contributed by atoms with Crippen molar-refractivity contribution in [3.8, 4) is 0 Å². The first-order chi connectivity index (χ1) is 8.18. The second kappa shape index (κ2) is 12.6. The predicted molar refractivity (Wildman–Crippen MR) is 64.7 cm³/mol. The number of hydrogen-bond donors (Lipinski definition) is 0. The van der Waals surface area contributed by atoms with Gasteiger partial charge >= 0.3 is 37.7 Å². The van der Waals surface area contributed by atoms with Gasteiger partial charge in [0.15, 0.2) is 11.6 Å². The average Bonchev–Trinajstić information content (AvgIpc) is 2.35. The summed E-state index contributed by atoms with van der Waals surface area (Å²) in [5.74, 6) is -5.59. The predicted octanol–water partition coefficient (Wildman–Crippen LogP) is -1.68. The number of ketones is 2. The molecule has 0 aromatic rings. The normalized spacial score (nSPS) is 12.0. The van der Waals surface area contributed by atoms with E-state index in [9.17, 15) is 29.4 Å². The number of carboxylic acid groups (broad SMARTS) is 2. The molecule has 0 saturated carbocycles. The maximum atomic E-state index is 10.4. The van der Waals surface area contributed by atoms with Crippen LogP contribution >= 0.6 is 0 Å². The Bertz CT molecular complexity index is 294. The molecule has 6 nitrogen and oxygen atoms in total. The molecule has 0 saturated heterocycles. The molecule has 0 heterocycles. The summed E-state index contributed by atoms with van der Waals surface area (Å²) < 4.78 is 0. The molecule has 7 heteroatoms. The molecule has 0 aromatic carbocycles. The van der Waals surface area contributed by atoms with E-state index >= 15 is 0 Å². The summed E-state index contributed by atoms with van der Waals surface area (Å²) in [5.41, 5.74) is 0. The number of carbonyl (C=O) groups excluding carboxylic acids is 4. The molecule has 19 heavy (non-hydrogen) atoms. The van der Waals surface area contributed by atoms with E-state index in [-0.39, 0.29) is 37.7 Å². The zero-order valence-corrected chi connectivity index (χ0v) is 13.9. The van der Waals surface area contributed by atoms with Crippen molar-refractivity contribution < 1.29 is 29.4 Å². The van der Waals surface area contributed by atoms with Gasteiger partial charge in [-0.1, -0.05) is 27.7 Å². The summed E-state index contributed by atoms with van der Waals surface area (Å²) in [6.45, 7) is 6.65. The zero-order chi connectivity index (χ0) is 14.9. The molecule has 0 aliphatic carbocycles. The summed E-state index contributed by atoms with van der Waals surface area (Å²) in [6.07, 6.45) is 1.10.